The SMILES string of the molecule is CN1CCC(c2ccc(CO)cc2Cl)C1. The third-order valence-electron chi connectivity index (χ3n) is 3.08. The van der Waals surface area contributed by atoms with E-state index in [-0.39, 0.29) is 6.61 Å². The van der Waals surface area contributed by atoms with E-state index in [0.29, 0.717) is 5.92 Å². The van der Waals surface area contributed by atoms with Gasteiger partial charge in [-0.15, -0.1) is 0 Å². The zero-order valence-corrected chi connectivity index (χ0v) is 9.67. The van der Waals surface area contributed by atoms with Gasteiger partial charge in [0.1, 0.15) is 0 Å². The first-order chi connectivity index (χ1) is 7.20. The van der Waals surface area contributed by atoms with Crippen LogP contribution in [0.25, 0.3) is 0 Å². The Labute approximate surface area is 95.5 Å². The van der Waals surface area contributed by atoms with Gasteiger partial charge in [0.2, 0.25) is 0 Å². The van der Waals surface area contributed by atoms with Gasteiger partial charge in [-0.3, -0.25) is 0 Å². The summed E-state index contributed by atoms with van der Waals surface area (Å²) in [6.07, 6.45) is 1.18. The third kappa shape index (κ3) is 2.33. The van der Waals surface area contributed by atoms with Gasteiger partial charge in [-0.25, -0.2) is 0 Å². The quantitative estimate of drug-likeness (QED) is 0.835. The van der Waals surface area contributed by atoms with Gasteiger partial charge in [0.25, 0.3) is 0 Å². The maximum absolute atomic E-state index is 8.99. The van der Waals surface area contributed by atoms with Crippen LogP contribution in [0.4, 0.5) is 0 Å². The second kappa shape index (κ2) is 4.52. The van der Waals surface area contributed by atoms with Crippen molar-refractivity contribution in [2.75, 3.05) is 20.1 Å². The number of hydrogen-bond donors (Lipinski definition) is 1. The molecule has 0 aliphatic carbocycles. The van der Waals surface area contributed by atoms with Gasteiger partial charge < -0.3 is 10.0 Å². The average molecular weight is 226 g/mol. The van der Waals surface area contributed by atoms with Crippen molar-refractivity contribution in [2.45, 2.75) is 18.9 Å². The molecule has 15 heavy (non-hydrogen) atoms. The van der Waals surface area contributed by atoms with Gasteiger partial charge in [0.15, 0.2) is 0 Å². The number of nitrogens with zero attached hydrogens (tertiary/aromatic N) is 1. The Kier molecular flexibility index (Phi) is 3.29. The Bertz CT molecular complexity index is 353. The number of halogens is 1. The Morgan fingerprint density at radius 2 is 2.33 bits per heavy atom. The molecule has 0 amide bonds. The van der Waals surface area contributed by atoms with Gasteiger partial charge in [-0.2, -0.15) is 0 Å². The van der Waals surface area contributed by atoms with Gasteiger partial charge >= 0.3 is 0 Å². The molecule has 1 aliphatic heterocycles. The van der Waals surface area contributed by atoms with Crippen molar-refractivity contribution in [3.63, 3.8) is 0 Å². The van der Waals surface area contributed by atoms with Gasteiger partial charge in [0, 0.05) is 11.6 Å². The molecule has 0 spiro atoms. The molecule has 1 fully saturated rings. The van der Waals surface area contributed by atoms with Crippen molar-refractivity contribution in [3.05, 3.63) is 34.3 Å². The number of rotatable bonds is 2. The highest BCUT2D eigenvalue weighted by molar-refractivity contribution is 6.31. The fourth-order valence-corrected chi connectivity index (χ4v) is 2.55. The maximum atomic E-state index is 8.99. The Balaban J connectivity index is 2.21. The Hall–Kier alpha value is -0.570. The molecule has 3 heteroatoms. The number of aliphatic hydroxyl groups excluding tert-OH is 1. The summed E-state index contributed by atoms with van der Waals surface area (Å²) in [5.74, 6) is 0.551. The largest absolute Gasteiger partial charge is 0.392 e. The lowest BCUT2D eigenvalue weighted by molar-refractivity contribution is 0.282. The molecule has 1 aromatic carbocycles. The van der Waals surface area contributed by atoms with Crippen LogP contribution in [0.15, 0.2) is 18.2 Å². The van der Waals surface area contributed by atoms with E-state index in [2.05, 4.69) is 18.0 Å². The van der Waals surface area contributed by atoms with E-state index in [0.717, 1.165) is 23.7 Å². The summed E-state index contributed by atoms with van der Waals surface area (Å²) >= 11 is 6.21. The first kappa shape index (κ1) is 10.9. The normalized spacial score (nSPS) is 22.2. The smallest absolute Gasteiger partial charge is 0.0682 e. The highest BCUT2D eigenvalue weighted by Crippen LogP contribution is 2.31. The van der Waals surface area contributed by atoms with Gasteiger partial charge in [0.05, 0.1) is 6.61 Å². The average Bonchev–Trinajstić information content (AvgIpc) is 2.64. The van der Waals surface area contributed by atoms with Gasteiger partial charge in [-0.1, -0.05) is 23.7 Å². The third-order valence-corrected chi connectivity index (χ3v) is 3.41. The van der Waals surface area contributed by atoms with E-state index in [4.69, 9.17) is 16.7 Å². The van der Waals surface area contributed by atoms with E-state index < -0.39 is 0 Å². The minimum atomic E-state index is 0.0601. The molecule has 0 saturated carbocycles. The summed E-state index contributed by atoms with van der Waals surface area (Å²) in [5, 5.41) is 9.79. The summed E-state index contributed by atoms with van der Waals surface area (Å²) in [5.41, 5.74) is 2.10. The lowest BCUT2D eigenvalue weighted by Crippen LogP contribution is -2.13. The van der Waals surface area contributed by atoms with Crippen LogP contribution in [-0.4, -0.2) is 30.1 Å². The van der Waals surface area contributed by atoms with Gasteiger partial charge in [-0.05, 0) is 43.1 Å². The molecular weight excluding hydrogens is 210 g/mol. The molecule has 1 unspecified atom stereocenters. The summed E-state index contributed by atoms with van der Waals surface area (Å²) in [4.78, 5) is 2.32. The first-order valence-corrected chi connectivity index (χ1v) is 5.66. The topological polar surface area (TPSA) is 23.5 Å². The van der Waals surface area contributed by atoms with Crippen molar-refractivity contribution >= 4 is 11.6 Å². The Morgan fingerprint density at radius 1 is 1.53 bits per heavy atom. The van der Waals surface area contributed by atoms with E-state index >= 15 is 0 Å². The van der Waals surface area contributed by atoms with Crippen LogP contribution < -0.4 is 0 Å². The van der Waals surface area contributed by atoms with E-state index in [1.165, 1.54) is 12.0 Å². The van der Waals surface area contributed by atoms with Crippen LogP contribution in [0.2, 0.25) is 5.02 Å². The first-order valence-electron chi connectivity index (χ1n) is 5.28. The van der Waals surface area contributed by atoms with Crippen molar-refractivity contribution in [2.24, 2.45) is 0 Å². The molecule has 1 saturated heterocycles. The van der Waals surface area contributed by atoms with Crippen LogP contribution >= 0.6 is 11.6 Å². The molecule has 1 aliphatic rings. The standard InChI is InChI=1S/C12H16ClNO/c1-14-5-4-10(7-14)11-3-2-9(8-15)6-12(11)13/h2-3,6,10,15H,4-5,7-8H2,1H3. The van der Waals surface area contributed by atoms with Crippen molar-refractivity contribution in [1.82, 2.24) is 4.90 Å². The second-order valence-electron chi connectivity index (χ2n) is 4.26. The minimum absolute atomic E-state index is 0.0601. The second-order valence-corrected chi connectivity index (χ2v) is 4.67. The molecule has 2 rings (SSSR count). The monoisotopic (exact) mass is 225 g/mol. The molecule has 1 heterocycles. The van der Waals surface area contributed by atoms with E-state index in [9.17, 15) is 0 Å². The summed E-state index contributed by atoms with van der Waals surface area (Å²) in [6.45, 7) is 2.28. The summed E-state index contributed by atoms with van der Waals surface area (Å²) < 4.78 is 0. The number of benzene rings is 1. The number of likely N-dealkylation sites (N-methyl/N-ethyl adjacent to an activating group) is 1. The predicted molar refractivity (Wildman–Crippen MR) is 62.2 cm³/mol. The zero-order chi connectivity index (χ0) is 10.8. The zero-order valence-electron chi connectivity index (χ0n) is 8.91. The van der Waals surface area contributed by atoms with E-state index in [1.807, 2.05) is 12.1 Å². The van der Waals surface area contributed by atoms with Crippen LogP contribution in [0, 0.1) is 0 Å². The lowest BCUT2D eigenvalue weighted by Gasteiger charge is -2.13. The van der Waals surface area contributed by atoms with Crippen LogP contribution in [0.3, 0.4) is 0 Å². The molecular formula is C12H16ClNO. The summed E-state index contributed by atoms with van der Waals surface area (Å²) in [7, 11) is 2.13. The Morgan fingerprint density at radius 3 is 2.87 bits per heavy atom. The molecule has 82 valence electrons. The molecule has 2 nitrogen and oxygen atoms in total. The minimum Gasteiger partial charge on any atom is -0.392 e. The molecule has 0 radical (unpaired) electrons. The lowest BCUT2D eigenvalue weighted by atomic mass is 9.97. The molecule has 1 atom stereocenters. The highest BCUT2D eigenvalue weighted by Gasteiger charge is 2.22. The number of likely N-dealkylation sites (tertiary alicyclic amines) is 1. The number of hydrogen-bond acceptors (Lipinski definition) is 2. The fourth-order valence-electron chi connectivity index (χ4n) is 2.19. The molecule has 0 bridgehead atoms. The van der Waals surface area contributed by atoms with Crippen LogP contribution in [-0.2, 0) is 6.61 Å². The molecule has 1 N–H and O–H groups in total. The van der Waals surface area contributed by atoms with Crippen molar-refractivity contribution < 1.29 is 5.11 Å². The number of aliphatic hydroxyl groups is 1. The highest BCUT2D eigenvalue weighted by atomic mass is 35.5. The predicted octanol–water partition coefficient (Wildman–Crippen LogP) is 2.25. The molecule has 0 aromatic heterocycles. The van der Waals surface area contributed by atoms with Crippen molar-refractivity contribution in [3.8, 4) is 0 Å². The van der Waals surface area contributed by atoms with E-state index in [1.54, 1.807) is 0 Å². The summed E-state index contributed by atoms with van der Waals surface area (Å²) in [6, 6.07) is 5.88. The van der Waals surface area contributed by atoms with Crippen molar-refractivity contribution in [1.29, 1.82) is 0 Å². The fraction of sp³-hybridized carbons (Fsp3) is 0.500. The van der Waals surface area contributed by atoms with Crippen LogP contribution in [0.1, 0.15) is 23.5 Å². The maximum Gasteiger partial charge on any atom is 0.0682 e. The molecule has 1 aromatic rings. The van der Waals surface area contributed by atoms with Crippen LogP contribution in [0.5, 0.6) is 0 Å².